The molecule has 4 nitrogen and oxygen atoms in total. The van der Waals surface area contributed by atoms with Gasteiger partial charge >= 0.3 is 0 Å². The molecule has 1 saturated heterocycles. The highest BCUT2D eigenvalue weighted by Crippen LogP contribution is 2.40. The van der Waals surface area contributed by atoms with Gasteiger partial charge in [0.25, 0.3) is 5.91 Å². The summed E-state index contributed by atoms with van der Waals surface area (Å²) in [6, 6.07) is 39.0. The minimum Gasteiger partial charge on any atom is -0.488 e. The average molecular weight is 547 g/mol. The first-order chi connectivity index (χ1) is 19.2. The maximum absolute atomic E-state index is 13.9. The maximum atomic E-state index is 13.9. The topological polar surface area (TPSA) is 41.9 Å². The summed E-state index contributed by atoms with van der Waals surface area (Å²) in [7, 11) is 0. The van der Waals surface area contributed by atoms with E-state index in [1.54, 1.807) is 4.90 Å². The number of hydrogen-bond acceptors (Lipinski definition) is 4. The van der Waals surface area contributed by atoms with Gasteiger partial charge in [-0.25, -0.2) is 4.99 Å². The molecule has 5 aromatic carbocycles. The van der Waals surface area contributed by atoms with Gasteiger partial charge in [-0.15, -0.1) is 0 Å². The molecule has 1 aliphatic rings. The Morgan fingerprint density at radius 3 is 2.26 bits per heavy atom. The number of fused-ring (bicyclic) bond motifs is 1. The number of halogens is 1. The van der Waals surface area contributed by atoms with Crippen LogP contribution in [0.25, 0.3) is 16.8 Å². The van der Waals surface area contributed by atoms with Crippen LogP contribution in [0.1, 0.15) is 11.1 Å². The van der Waals surface area contributed by atoms with Gasteiger partial charge in [-0.1, -0.05) is 90.5 Å². The monoisotopic (exact) mass is 546 g/mol. The van der Waals surface area contributed by atoms with Crippen molar-refractivity contribution in [2.75, 3.05) is 4.90 Å². The Bertz CT molecular complexity index is 1700. The normalized spacial score (nSPS) is 15.4. The standard InChI is InChI=1S/C33H23ClN2O2S/c34-25-18-15-23(16-19-25)22-38-30-20-17-24-9-7-8-14-28(24)29(30)21-31-32(37)36(27-12-5-2-6-13-27)33(39-31)35-26-10-3-1-4-11-26/h1-21H,22H2/b31-21-,35-33?. The minimum absolute atomic E-state index is 0.127. The Morgan fingerprint density at radius 1 is 0.795 bits per heavy atom. The molecular formula is C33H23ClN2O2S. The largest absolute Gasteiger partial charge is 0.488 e. The molecule has 6 rings (SSSR count). The lowest BCUT2D eigenvalue weighted by Gasteiger charge is -2.15. The molecule has 0 radical (unpaired) electrons. The zero-order valence-electron chi connectivity index (χ0n) is 20.8. The van der Waals surface area contributed by atoms with Crippen LogP contribution in [0.5, 0.6) is 5.75 Å². The predicted octanol–water partition coefficient (Wildman–Crippen LogP) is 8.88. The van der Waals surface area contributed by atoms with Gasteiger partial charge in [0, 0.05) is 10.6 Å². The summed E-state index contributed by atoms with van der Waals surface area (Å²) in [5.74, 6) is 0.571. The number of aliphatic imine (C=N–C) groups is 1. The summed E-state index contributed by atoms with van der Waals surface area (Å²) in [6.07, 6.45) is 1.93. The molecule has 0 N–H and O–H groups in total. The van der Waals surface area contributed by atoms with E-state index in [-0.39, 0.29) is 5.91 Å². The second-order valence-electron chi connectivity index (χ2n) is 8.93. The molecule has 1 heterocycles. The van der Waals surface area contributed by atoms with Crippen molar-refractivity contribution in [1.82, 2.24) is 0 Å². The van der Waals surface area contributed by atoms with Crippen molar-refractivity contribution in [2.45, 2.75) is 6.61 Å². The van der Waals surface area contributed by atoms with E-state index >= 15 is 0 Å². The van der Waals surface area contributed by atoms with E-state index in [1.165, 1.54) is 11.8 Å². The van der Waals surface area contributed by atoms with E-state index in [9.17, 15) is 4.79 Å². The highest BCUT2D eigenvalue weighted by Gasteiger charge is 2.35. The molecule has 0 bridgehead atoms. The van der Waals surface area contributed by atoms with Gasteiger partial charge in [0.05, 0.1) is 16.3 Å². The van der Waals surface area contributed by atoms with E-state index in [0.29, 0.717) is 27.5 Å². The number of benzene rings is 5. The van der Waals surface area contributed by atoms with E-state index in [2.05, 4.69) is 12.1 Å². The molecule has 0 atom stereocenters. The average Bonchev–Trinajstić information content (AvgIpc) is 3.28. The van der Waals surface area contributed by atoms with Gasteiger partial charge in [-0.05, 0) is 76.6 Å². The fourth-order valence-corrected chi connectivity index (χ4v) is 5.50. The number of para-hydroxylation sites is 2. The smallest absolute Gasteiger partial charge is 0.271 e. The highest BCUT2D eigenvalue weighted by atomic mass is 35.5. The number of ether oxygens (including phenoxy) is 1. The molecule has 0 spiro atoms. The molecule has 0 aliphatic carbocycles. The summed E-state index contributed by atoms with van der Waals surface area (Å²) >= 11 is 7.41. The van der Waals surface area contributed by atoms with Crippen LogP contribution in [0.3, 0.4) is 0 Å². The zero-order chi connectivity index (χ0) is 26.6. The van der Waals surface area contributed by atoms with Crippen LogP contribution in [0.4, 0.5) is 11.4 Å². The van der Waals surface area contributed by atoms with E-state index < -0.39 is 0 Å². The number of hydrogen-bond donors (Lipinski definition) is 0. The molecule has 6 heteroatoms. The third-order valence-electron chi connectivity index (χ3n) is 6.32. The Morgan fingerprint density at radius 2 is 1.49 bits per heavy atom. The molecule has 0 unspecified atom stereocenters. The summed E-state index contributed by atoms with van der Waals surface area (Å²) in [5.41, 5.74) is 3.41. The summed E-state index contributed by atoms with van der Waals surface area (Å²) in [5, 5.41) is 3.36. The molecule has 5 aromatic rings. The number of amides is 1. The number of amidine groups is 1. The van der Waals surface area contributed by atoms with Crippen LogP contribution in [0.15, 0.2) is 131 Å². The van der Waals surface area contributed by atoms with Crippen molar-refractivity contribution < 1.29 is 9.53 Å². The number of anilines is 1. The lowest BCUT2D eigenvalue weighted by molar-refractivity contribution is -0.113. The zero-order valence-corrected chi connectivity index (χ0v) is 22.4. The second-order valence-corrected chi connectivity index (χ2v) is 10.4. The molecule has 1 amide bonds. The number of carbonyl (C=O) groups excluding carboxylic acids is 1. The van der Waals surface area contributed by atoms with Crippen molar-refractivity contribution in [3.63, 3.8) is 0 Å². The number of carbonyl (C=O) groups is 1. The summed E-state index contributed by atoms with van der Waals surface area (Å²) in [4.78, 5) is 20.9. The quantitative estimate of drug-likeness (QED) is 0.200. The molecule has 1 fully saturated rings. The molecule has 1 aliphatic heterocycles. The Hall–Kier alpha value is -4.32. The van der Waals surface area contributed by atoms with Crippen LogP contribution in [0, 0.1) is 0 Å². The van der Waals surface area contributed by atoms with Gasteiger partial charge in [0.1, 0.15) is 12.4 Å². The van der Waals surface area contributed by atoms with Gasteiger partial charge in [-0.3, -0.25) is 9.69 Å². The summed E-state index contributed by atoms with van der Waals surface area (Å²) < 4.78 is 6.30. The van der Waals surface area contributed by atoms with Crippen LogP contribution >= 0.6 is 23.4 Å². The van der Waals surface area contributed by atoms with Crippen LogP contribution in [0.2, 0.25) is 5.02 Å². The van der Waals surface area contributed by atoms with Crippen molar-refractivity contribution in [2.24, 2.45) is 4.99 Å². The van der Waals surface area contributed by atoms with Crippen LogP contribution in [-0.4, -0.2) is 11.1 Å². The molecule has 39 heavy (non-hydrogen) atoms. The van der Waals surface area contributed by atoms with Gasteiger partial charge in [0.15, 0.2) is 5.17 Å². The SMILES string of the molecule is O=C1/C(=C/c2c(OCc3ccc(Cl)cc3)ccc3ccccc23)SC(=Nc2ccccc2)N1c1ccccc1. The first-order valence-corrected chi connectivity index (χ1v) is 13.7. The predicted molar refractivity (Wildman–Crippen MR) is 163 cm³/mol. The Kier molecular flexibility index (Phi) is 7.17. The first kappa shape index (κ1) is 25.0. The highest BCUT2D eigenvalue weighted by molar-refractivity contribution is 8.19. The number of thioether (sulfide) groups is 1. The first-order valence-electron chi connectivity index (χ1n) is 12.5. The van der Waals surface area contributed by atoms with E-state index in [0.717, 1.165) is 33.3 Å². The lowest BCUT2D eigenvalue weighted by atomic mass is 10.0. The van der Waals surface area contributed by atoms with Gasteiger partial charge in [-0.2, -0.15) is 0 Å². The van der Waals surface area contributed by atoms with Crippen molar-refractivity contribution in [3.8, 4) is 5.75 Å². The molecular weight excluding hydrogens is 524 g/mol. The summed E-state index contributed by atoms with van der Waals surface area (Å²) in [6.45, 7) is 0.379. The number of nitrogens with zero attached hydrogens (tertiary/aromatic N) is 2. The molecule has 0 aromatic heterocycles. The minimum atomic E-state index is -0.127. The number of rotatable bonds is 6. The third kappa shape index (κ3) is 5.46. The van der Waals surface area contributed by atoms with Gasteiger partial charge < -0.3 is 4.74 Å². The van der Waals surface area contributed by atoms with Crippen molar-refractivity contribution in [1.29, 1.82) is 0 Å². The fraction of sp³-hybridized carbons (Fsp3) is 0.0303. The molecule has 190 valence electrons. The van der Waals surface area contributed by atoms with Crippen LogP contribution in [-0.2, 0) is 11.4 Å². The maximum Gasteiger partial charge on any atom is 0.271 e. The Labute approximate surface area is 236 Å². The Balaban J connectivity index is 1.43. The van der Waals surface area contributed by atoms with Crippen LogP contribution < -0.4 is 9.64 Å². The molecule has 0 saturated carbocycles. The van der Waals surface area contributed by atoms with Crippen molar-refractivity contribution in [3.05, 3.63) is 142 Å². The fourth-order valence-electron chi connectivity index (χ4n) is 4.39. The second kappa shape index (κ2) is 11.2. The third-order valence-corrected chi connectivity index (χ3v) is 7.54. The van der Waals surface area contributed by atoms with E-state index in [1.807, 2.05) is 115 Å². The van der Waals surface area contributed by atoms with Gasteiger partial charge in [0.2, 0.25) is 0 Å². The van der Waals surface area contributed by atoms with E-state index in [4.69, 9.17) is 21.3 Å². The lowest BCUT2D eigenvalue weighted by Crippen LogP contribution is -2.28. The van der Waals surface area contributed by atoms with Crippen molar-refractivity contribution >= 4 is 62.7 Å².